The Labute approximate surface area is 200 Å². The molecule has 8 nitrogen and oxygen atoms in total. The van der Waals surface area contributed by atoms with Crippen molar-refractivity contribution in [2.24, 2.45) is 0 Å². The van der Waals surface area contributed by atoms with Gasteiger partial charge >= 0.3 is 0 Å². The van der Waals surface area contributed by atoms with Gasteiger partial charge in [0.05, 0.1) is 18.9 Å². The molecule has 4 heterocycles. The van der Waals surface area contributed by atoms with E-state index in [4.69, 9.17) is 14.5 Å². The summed E-state index contributed by atoms with van der Waals surface area (Å²) in [7, 11) is 0. The Bertz CT molecular complexity index is 914. The van der Waals surface area contributed by atoms with E-state index >= 15 is 0 Å². The fourth-order valence-electron chi connectivity index (χ4n) is 4.64. The lowest BCUT2D eigenvalue weighted by molar-refractivity contribution is -0.139. The first-order valence-corrected chi connectivity index (χ1v) is 12.8. The second-order valence-corrected chi connectivity index (χ2v) is 10.7. The number of ketones is 1. The fourth-order valence-corrected chi connectivity index (χ4v) is 5.46. The second-order valence-electron chi connectivity index (χ2n) is 9.63. The van der Waals surface area contributed by atoms with Gasteiger partial charge in [0.15, 0.2) is 16.7 Å². The molecule has 1 amide bonds. The van der Waals surface area contributed by atoms with E-state index in [1.807, 2.05) is 31.9 Å². The van der Waals surface area contributed by atoms with Gasteiger partial charge in [0.25, 0.3) is 5.91 Å². The van der Waals surface area contributed by atoms with E-state index in [2.05, 4.69) is 9.88 Å². The lowest BCUT2D eigenvalue weighted by Gasteiger charge is -2.36. The van der Waals surface area contributed by atoms with Gasteiger partial charge in [-0.1, -0.05) is 11.8 Å². The monoisotopic (exact) mass is 474 g/mol. The normalized spacial score (nSPS) is 23.7. The molecule has 0 unspecified atom stereocenters. The first kappa shape index (κ1) is 24.2. The van der Waals surface area contributed by atoms with Crippen molar-refractivity contribution in [3.8, 4) is 0 Å². The first-order chi connectivity index (χ1) is 15.8. The highest BCUT2D eigenvalue weighted by Crippen LogP contribution is 2.31. The van der Waals surface area contributed by atoms with Crippen LogP contribution in [0.3, 0.4) is 0 Å². The minimum Gasteiger partial charge on any atom is -0.481 e. The maximum atomic E-state index is 13.1. The molecule has 1 aromatic heterocycles. The molecule has 2 saturated heterocycles. The van der Waals surface area contributed by atoms with Crippen molar-refractivity contribution in [3.63, 3.8) is 0 Å². The number of carbonyl (C=O) groups is 2. The summed E-state index contributed by atoms with van der Waals surface area (Å²) in [6.45, 7) is 11.5. The van der Waals surface area contributed by atoms with Crippen LogP contribution in [0.15, 0.2) is 23.2 Å². The van der Waals surface area contributed by atoms with Gasteiger partial charge in [0.1, 0.15) is 5.60 Å². The maximum absolute atomic E-state index is 13.1. The molecule has 0 N–H and O–H groups in total. The molecule has 0 aromatic carbocycles. The number of ether oxygens (including phenoxy) is 2. The van der Waals surface area contributed by atoms with Crippen LogP contribution in [0.2, 0.25) is 0 Å². The highest BCUT2D eigenvalue weighted by atomic mass is 32.2. The number of piperidine rings is 1. The van der Waals surface area contributed by atoms with E-state index in [0.29, 0.717) is 19.5 Å². The average Bonchev–Trinajstić information content (AvgIpc) is 2.79. The van der Waals surface area contributed by atoms with Crippen LogP contribution in [0.1, 0.15) is 50.3 Å². The van der Waals surface area contributed by atoms with Crippen molar-refractivity contribution in [2.45, 2.75) is 56.7 Å². The minimum absolute atomic E-state index is 0.0615. The van der Waals surface area contributed by atoms with Gasteiger partial charge in [-0.05, 0) is 39.2 Å². The summed E-state index contributed by atoms with van der Waals surface area (Å²) in [6, 6.07) is 0. The second kappa shape index (κ2) is 10.5. The summed E-state index contributed by atoms with van der Waals surface area (Å²) >= 11 is 1.68. The summed E-state index contributed by atoms with van der Waals surface area (Å²) in [6.07, 6.45) is 5.41. The Morgan fingerprint density at radius 1 is 1.27 bits per heavy atom. The molecule has 9 heteroatoms. The highest BCUT2D eigenvalue weighted by Gasteiger charge is 2.35. The predicted octanol–water partition coefficient (Wildman–Crippen LogP) is 2.57. The molecule has 3 aliphatic rings. The fraction of sp³-hybridized carbons (Fsp3) is 0.667. The molecule has 4 rings (SSSR count). The van der Waals surface area contributed by atoms with Gasteiger partial charge in [-0.2, -0.15) is 0 Å². The smallest absolute Gasteiger partial charge is 0.289 e. The van der Waals surface area contributed by atoms with Crippen molar-refractivity contribution in [3.05, 3.63) is 29.3 Å². The number of morpholine rings is 1. The zero-order chi connectivity index (χ0) is 23.4. The molecule has 0 aliphatic carbocycles. The number of aromatic nitrogens is 2. The van der Waals surface area contributed by atoms with Crippen LogP contribution in [-0.4, -0.2) is 88.7 Å². The predicted molar refractivity (Wildman–Crippen MR) is 126 cm³/mol. The van der Waals surface area contributed by atoms with Gasteiger partial charge in [0.2, 0.25) is 0 Å². The summed E-state index contributed by atoms with van der Waals surface area (Å²) in [5.74, 6) is 0.988. The van der Waals surface area contributed by atoms with Crippen LogP contribution in [0.4, 0.5) is 0 Å². The SMILES string of the molecule is Cc1cnc(SCCN2CCOCC2)nc1[C@H]1CCCN(C(=O)C2=CC(=O)CC(C)(C)O2)C1. The minimum atomic E-state index is -0.650. The number of aryl methyl sites for hydroxylation is 1. The Balaban J connectivity index is 1.39. The van der Waals surface area contributed by atoms with Gasteiger partial charge in [-0.25, -0.2) is 9.97 Å². The van der Waals surface area contributed by atoms with Gasteiger partial charge in [-0.3, -0.25) is 14.5 Å². The third kappa shape index (κ3) is 6.33. The molecule has 1 aromatic rings. The third-order valence-corrected chi connectivity index (χ3v) is 7.16. The van der Waals surface area contributed by atoms with Crippen LogP contribution in [0.5, 0.6) is 0 Å². The maximum Gasteiger partial charge on any atom is 0.289 e. The number of allylic oxidation sites excluding steroid dienone is 1. The average molecular weight is 475 g/mol. The number of carbonyl (C=O) groups excluding carboxylic acids is 2. The molecular weight excluding hydrogens is 440 g/mol. The lowest BCUT2D eigenvalue weighted by atomic mass is 9.92. The zero-order valence-electron chi connectivity index (χ0n) is 19.8. The number of hydrogen-bond acceptors (Lipinski definition) is 8. The standard InChI is InChI=1S/C24H34N4O4S/c1-17-15-25-23(33-12-9-27-7-10-31-11-8-27)26-21(17)18-5-4-6-28(16-18)22(30)20-13-19(29)14-24(2,3)32-20/h13,15,18H,4-12,14,16H2,1-3H3/t18-/m0/s1. The van der Waals surface area contributed by atoms with E-state index in [9.17, 15) is 9.59 Å². The Kier molecular flexibility index (Phi) is 7.71. The number of likely N-dealkylation sites (tertiary alicyclic amines) is 1. The van der Waals surface area contributed by atoms with Crippen molar-refractivity contribution in [1.82, 2.24) is 19.8 Å². The van der Waals surface area contributed by atoms with E-state index in [1.54, 1.807) is 11.8 Å². The summed E-state index contributed by atoms with van der Waals surface area (Å²) in [5.41, 5.74) is 1.42. The van der Waals surface area contributed by atoms with Gasteiger partial charge in [0, 0.05) is 63.1 Å². The number of amides is 1. The van der Waals surface area contributed by atoms with Crippen molar-refractivity contribution in [2.75, 3.05) is 51.7 Å². The molecule has 0 bridgehead atoms. The summed E-state index contributed by atoms with van der Waals surface area (Å²) in [4.78, 5) is 38.8. The largest absolute Gasteiger partial charge is 0.481 e. The Hall–Kier alpha value is -1.97. The van der Waals surface area contributed by atoms with Crippen molar-refractivity contribution < 1.29 is 19.1 Å². The zero-order valence-corrected chi connectivity index (χ0v) is 20.7. The lowest BCUT2D eigenvalue weighted by Crippen LogP contribution is -2.43. The van der Waals surface area contributed by atoms with E-state index in [-0.39, 0.29) is 23.4 Å². The number of hydrogen-bond donors (Lipinski definition) is 0. The Morgan fingerprint density at radius 3 is 2.82 bits per heavy atom. The quantitative estimate of drug-likeness (QED) is 0.459. The molecule has 33 heavy (non-hydrogen) atoms. The third-order valence-electron chi connectivity index (χ3n) is 6.32. The molecule has 3 aliphatic heterocycles. The van der Waals surface area contributed by atoms with E-state index in [0.717, 1.165) is 67.9 Å². The molecular formula is C24H34N4O4S. The topological polar surface area (TPSA) is 84.9 Å². The van der Waals surface area contributed by atoms with Crippen LogP contribution in [0.25, 0.3) is 0 Å². The van der Waals surface area contributed by atoms with Crippen LogP contribution < -0.4 is 0 Å². The highest BCUT2D eigenvalue weighted by molar-refractivity contribution is 7.99. The van der Waals surface area contributed by atoms with Crippen LogP contribution in [0, 0.1) is 6.92 Å². The van der Waals surface area contributed by atoms with E-state index < -0.39 is 5.60 Å². The first-order valence-electron chi connectivity index (χ1n) is 11.8. The number of thioether (sulfide) groups is 1. The summed E-state index contributed by atoms with van der Waals surface area (Å²) in [5, 5.41) is 0.790. The van der Waals surface area contributed by atoms with Crippen molar-refractivity contribution >= 4 is 23.5 Å². The molecule has 2 fully saturated rings. The number of nitrogens with zero attached hydrogens (tertiary/aromatic N) is 4. The molecule has 180 valence electrons. The van der Waals surface area contributed by atoms with Crippen LogP contribution >= 0.6 is 11.8 Å². The summed E-state index contributed by atoms with van der Waals surface area (Å²) < 4.78 is 11.3. The molecule has 0 spiro atoms. The van der Waals surface area contributed by atoms with Gasteiger partial charge < -0.3 is 14.4 Å². The van der Waals surface area contributed by atoms with Crippen LogP contribution in [-0.2, 0) is 19.1 Å². The molecule has 1 atom stereocenters. The Morgan fingerprint density at radius 2 is 2.06 bits per heavy atom. The van der Waals surface area contributed by atoms with E-state index in [1.165, 1.54) is 6.08 Å². The molecule has 0 radical (unpaired) electrons. The number of rotatable bonds is 6. The molecule has 0 saturated carbocycles. The van der Waals surface area contributed by atoms with Gasteiger partial charge in [-0.15, -0.1) is 0 Å². The van der Waals surface area contributed by atoms with Crippen molar-refractivity contribution in [1.29, 1.82) is 0 Å².